The van der Waals surface area contributed by atoms with Crippen LogP contribution in [0.3, 0.4) is 0 Å². The first-order valence-electron chi connectivity index (χ1n) is 7.01. The van der Waals surface area contributed by atoms with E-state index in [4.69, 9.17) is 0 Å². The largest absolute Gasteiger partial charge is 0.268 e. The molecule has 1 atom stereocenters. The second kappa shape index (κ2) is 6.58. The fourth-order valence-corrected chi connectivity index (χ4v) is 3.74. The Kier molecular flexibility index (Phi) is 4.97. The number of rotatable bonds is 6. The molecule has 0 spiro atoms. The van der Waals surface area contributed by atoms with Crippen molar-refractivity contribution < 1.29 is 12.8 Å². The number of hydrogen-bond donors (Lipinski definition) is 1. The molecule has 1 N–H and O–H groups in total. The van der Waals surface area contributed by atoms with Crippen molar-refractivity contribution in [2.75, 3.05) is 0 Å². The van der Waals surface area contributed by atoms with Crippen LogP contribution in [0.2, 0.25) is 0 Å². The number of nitrogens with one attached hydrogen (secondary N) is 1. The molecule has 1 heterocycles. The number of halogens is 1. The number of benzene rings is 1. The minimum atomic E-state index is -3.53. The quantitative estimate of drug-likeness (QED) is 0.885. The summed E-state index contributed by atoms with van der Waals surface area (Å²) >= 11 is 0. The van der Waals surface area contributed by atoms with Crippen LogP contribution in [0.25, 0.3) is 0 Å². The molecule has 1 unspecified atom stereocenters. The van der Waals surface area contributed by atoms with Crippen LogP contribution in [0.15, 0.2) is 30.3 Å². The lowest BCUT2D eigenvalue weighted by atomic mass is 10.2. The van der Waals surface area contributed by atoms with Crippen molar-refractivity contribution in [1.29, 1.82) is 0 Å². The molecule has 0 radical (unpaired) electrons. The summed E-state index contributed by atoms with van der Waals surface area (Å²) < 4.78 is 41.8. The Bertz CT molecular complexity index is 756. The van der Waals surface area contributed by atoms with E-state index in [-0.39, 0.29) is 11.8 Å². The third-order valence-corrected chi connectivity index (χ3v) is 4.65. The van der Waals surface area contributed by atoms with E-state index in [1.165, 1.54) is 18.2 Å². The van der Waals surface area contributed by atoms with Gasteiger partial charge in [0.25, 0.3) is 0 Å². The van der Waals surface area contributed by atoms with E-state index in [2.05, 4.69) is 9.82 Å². The minimum absolute atomic E-state index is 0.244. The maximum atomic E-state index is 13.1. The van der Waals surface area contributed by atoms with Crippen LogP contribution in [0.1, 0.15) is 23.9 Å². The Morgan fingerprint density at radius 1 is 1.32 bits per heavy atom. The number of nitrogens with zero attached hydrogens (tertiary/aromatic N) is 2. The molecular weight excluding hydrogens is 305 g/mol. The van der Waals surface area contributed by atoms with Crippen LogP contribution < -0.4 is 4.72 Å². The molecule has 0 fully saturated rings. The zero-order chi connectivity index (χ0) is 16.3. The van der Waals surface area contributed by atoms with Crippen molar-refractivity contribution in [2.24, 2.45) is 0 Å². The predicted octanol–water partition coefficient (Wildman–Crippen LogP) is 2.15. The average molecular weight is 325 g/mol. The van der Waals surface area contributed by atoms with Gasteiger partial charge in [0, 0.05) is 11.7 Å². The zero-order valence-electron chi connectivity index (χ0n) is 12.9. The molecule has 0 aliphatic rings. The maximum absolute atomic E-state index is 13.1. The molecule has 1 aromatic carbocycles. The van der Waals surface area contributed by atoms with Gasteiger partial charge >= 0.3 is 0 Å². The Morgan fingerprint density at radius 2 is 2.05 bits per heavy atom. The molecule has 0 aliphatic heterocycles. The highest BCUT2D eigenvalue weighted by molar-refractivity contribution is 7.88. The fraction of sp³-hybridized carbons (Fsp3) is 0.400. The van der Waals surface area contributed by atoms with E-state index in [1.54, 1.807) is 17.7 Å². The molecule has 2 aromatic rings. The van der Waals surface area contributed by atoms with Crippen molar-refractivity contribution in [1.82, 2.24) is 14.5 Å². The molecule has 0 saturated heterocycles. The molecule has 7 heteroatoms. The molecule has 0 aliphatic carbocycles. The minimum Gasteiger partial charge on any atom is -0.268 e. The van der Waals surface area contributed by atoms with Crippen LogP contribution in [0, 0.1) is 19.7 Å². The Labute approximate surface area is 130 Å². The highest BCUT2D eigenvalue weighted by Crippen LogP contribution is 2.09. The van der Waals surface area contributed by atoms with Gasteiger partial charge in [-0.25, -0.2) is 17.5 Å². The lowest BCUT2D eigenvalue weighted by Crippen LogP contribution is -2.36. The van der Waals surface area contributed by atoms with Crippen molar-refractivity contribution in [3.05, 3.63) is 53.1 Å². The number of aryl methyl sites for hydroxylation is 2. The van der Waals surface area contributed by atoms with Crippen molar-refractivity contribution in [3.8, 4) is 0 Å². The van der Waals surface area contributed by atoms with Gasteiger partial charge < -0.3 is 0 Å². The third kappa shape index (κ3) is 4.64. The van der Waals surface area contributed by atoms with Gasteiger partial charge in [0.05, 0.1) is 18.0 Å². The third-order valence-electron chi connectivity index (χ3n) is 3.18. The number of hydrogen-bond acceptors (Lipinski definition) is 3. The predicted molar refractivity (Wildman–Crippen MR) is 83.3 cm³/mol. The number of sulfonamides is 1. The molecule has 5 nitrogen and oxygen atoms in total. The molecule has 1 aromatic heterocycles. The van der Waals surface area contributed by atoms with Gasteiger partial charge in [-0.1, -0.05) is 12.1 Å². The smallest absolute Gasteiger partial charge is 0.216 e. The summed E-state index contributed by atoms with van der Waals surface area (Å²) in [6.07, 6.45) is 0. The fourth-order valence-electron chi connectivity index (χ4n) is 2.35. The summed E-state index contributed by atoms with van der Waals surface area (Å²) in [5, 5.41) is 4.31. The molecule has 120 valence electrons. The first kappa shape index (κ1) is 16.6. The molecule has 2 rings (SSSR count). The summed E-state index contributed by atoms with van der Waals surface area (Å²) in [6.45, 7) is 6.04. The van der Waals surface area contributed by atoms with Gasteiger partial charge in [-0.15, -0.1) is 0 Å². The molecule has 0 amide bonds. The number of aromatic nitrogens is 2. The van der Waals surface area contributed by atoms with Gasteiger partial charge in [0.1, 0.15) is 5.82 Å². The Morgan fingerprint density at radius 3 is 2.64 bits per heavy atom. The SMILES string of the molecule is Cc1cc(C)n(CC(C)NS(=O)(=O)Cc2cccc(F)c2)n1. The van der Waals surface area contributed by atoms with Crippen LogP contribution in [-0.2, 0) is 22.3 Å². The zero-order valence-corrected chi connectivity index (χ0v) is 13.7. The van der Waals surface area contributed by atoms with Gasteiger partial charge in [-0.3, -0.25) is 4.68 Å². The molecule has 0 saturated carbocycles. The van der Waals surface area contributed by atoms with Crippen molar-refractivity contribution in [3.63, 3.8) is 0 Å². The van der Waals surface area contributed by atoms with Gasteiger partial charge in [0.2, 0.25) is 10.0 Å². The van der Waals surface area contributed by atoms with E-state index in [9.17, 15) is 12.8 Å². The van der Waals surface area contributed by atoms with E-state index in [0.29, 0.717) is 12.1 Å². The Balaban J connectivity index is 2.00. The first-order valence-corrected chi connectivity index (χ1v) is 8.66. The first-order chi connectivity index (χ1) is 10.2. The molecular formula is C15H20FN3O2S. The second-order valence-corrected chi connectivity index (χ2v) is 7.27. The van der Waals surface area contributed by atoms with Crippen LogP contribution in [-0.4, -0.2) is 24.2 Å². The Hall–Kier alpha value is -1.73. The summed E-state index contributed by atoms with van der Waals surface area (Å²) in [5.74, 6) is -0.685. The lowest BCUT2D eigenvalue weighted by molar-refractivity contribution is 0.485. The lowest BCUT2D eigenvalue weighted by Gasteiger charge is -2.15. The summed E-state index contributed by atoms with van der Waals surface area (Å²) in [4.78, 5) is 0. The van der Waals surface area contributed by atoms with E-state index in [0.717, 1.165) is 11.4 Å². The summed E-state index contributed by atoms with van der Waals surface area (Å²) in [6, 6.07) is 7.23. The van der Waals surface area contributed by atoms with Gasteiger partial charge in [-0.05, 0) is 44.5 Å². The summed E-state index contributed by atoms with van der Waals surface area (Å²) in [5.41, 5.74) is 2.30. The van der Waals surface area contributed by atoms with Gasteiger partial charge in [-0.2, -0.15) is 5.10 Å². The van der Waals surface area contributed by atoms with E-state index in [1.807, 2.05) is 19.9 Å². The van der Waals surface area contributed by atoms with Gasteiger partial charge in [0.15, 0.2) is 0 Å². The van der Waals surface area contributed by atoms with Crippen molar-refractivity contribution >= 4 is 10.0 Å². The van der Waals surface area contributed by atoms with Crippen LogP contribution in [0.5, 0.6) is 0 Å². The highest BCUT2D eigenvalue weighted by Gasteiger charge is 2.17. The normalized spacial score (nSPS) is 13.3. The van der Waals surface area contributed by atoms with Crippen LogP contribution >= 0.6 is 0 Å². The average Bonchev–Trinajstić information content (AvgIpc) is 2.65. The molecule has 22 heavy (non-hydrogen) atoms. The van der Waals surface area contributed by atoms with Crippen LogP contribution in [0.4, 0.5) is 4.39 Å². The highest BCUT2D eigenvalue weighted by atomic mass is 32.2. The standard InChI is InChI=1S/C15H20FN3O2S/c1-11-7-13(3)19(17-11)9-12(2)18-22(20,21)10-14-5-4-6-15(16)8-14/h4-8,12,18H,9-10H2,1-3H3. The topological polar surface area (TPSA) is 64.0 Å². The molecule has 0 bridgehead atoms. The summed E-state index contributed by atoms with van der Waals surface area (Å²) in [7, 11) is -3.53. The monoisotopic (exact) mass is 325 g/mol. The van der Waals surface area contributed by atoms with Crippen molar-refractivity contribution in [2.45, 2.75) is 39.1 Å². The van der Waals surface area contributed by atoms with E-state index < -0.39 is 15.8 Å². The maximum Gasteiger partial charge on any atom is 0.216 e. The second-order valence-electron chi connectivity index (χ2n) is 5.52. The van der Waals surface area contributed by atoms with E-state index >= 15 is 0 Å².